The first-order valence-corrected chi connectivity index (χ1v) is 12.2. The molecule has 2 aliphatic heterocycles. The Bertz CT molecular complexity index is 669. The summed E-state index contributed by atoms with van der Waals surface area (Å²) in [6.45, 7) is 11.2. The van der Waals surface area contributed by atoms with Gasteiger partial charge in [-0.3, -0.25) is 9.89 Å². The first-order chi connectivity index (χ1) is 15.1. The minimum atomic E-state index is 0.343. The molecule has 0 radical (unpaired) electrons. The number of ether oxygens (including phenoxy) is 1. The van der Waals surface area contributed by atoms with E-state index in [1.165, 1.54) is 50.8 Å². The predicted molar refractivity (Wildman–Crippen MR) is 130 cm³/mol. The van der Waals surface area contributed by atoms with Gasteiger partial charge in [0.1, 0.15) is 5.75 Å². The summed E-state index contributed by atoms with van der Waals surface area (Å²) < 4.78 is 5.36. The van der Waals surface area contributed by atoms with Crippen molar-refractivity contribution >= 4 is 5.96 Å². The average Bonchev–Trinajstić information content (AvgIpc) is 2.82. The third-order valence-corrected chi connectivity index (χ3v) is 6.86. The van der Waals surface area contributed by atoms with Gasteiger partial charge in [-0.2, -0.15) is 0 Å². The summed E-state index contributed by atoms with van der Waals surface area (Å²) in [4.78, 5) is 9.72. The number of benzene rings is 1. The fraction of sp³-hybridized carbons (Fsp3) is 0.720. The molecule has 6 nitrogen and oxygen atoms in total. The van der Waals surface area contributed by atoms with E-state index in [1.807, 2.05) is 7.05 Å². The van der Waals surface area contributed by atoms with Crippen molar-refractivity contribution in [1.29, 1.82) is 0 Å². The molecule has 6 heteroatoms. The molecule has 0 bridgehead atoms. The lowest BCUT2D eigenvalue weighted by Gasteiger charge is -2.36. The van der Waals surface area contributed by atoms with Crippen LogP contribution in [0.1, 0.15) is 57.6 Å². The number of hydrogen-bond donors (Lipinski definition) is 2. The molecule has 2 heterocycles. The van der Waals surface area contributed by atoms with Gasteiger partial charge in [0.25, 0.3) is 0 Å². The maximum atomic E-state index is 5.36. The molecular weight excluding hydrogens is 386 g/mol. The molecule has 0 aliphatic carbocycles. The van der Waals surface area contributed by atoms with Crippen LogP contribution in [0.2, 0.25) is 0 Å². The third-order valence-electron chi connectivity index (χ3n) is 6.86. The van der Waals surface area contributed by atoms with Crippen LogP contribution in [0.3, 0.4) is 0 Å². The number of guanidine groups is 1. The summed E-state index contributed by atoms with van der Waals surface area (Å²) in [5, 5.41) is 7.22. The molecule has 2 fully saturated rings. The minimum Gasteiger partial charge on any atom is -0.497 e. The molecule has 0 saturated carbocycles. The van der Waals surface area contributed by atoms with Crippen LogP contribution in [-0.2, 0) is 0 Å². The lowest BCUT2D eigenvalue weighted by atomic mass is 9.97. The normalized spacial score (nSPS) is 22.4. The SMILES string of the molecule is CN=C(NCC1CCCN(C(C)C)C1)NCC(c1ccc(OC)cc1)N1CCCCC1. The van der Waals surface area contributed by atoms with Gasteiger partial charge in [0.2, 0.25) is 0 Å². The lowest BCUT2D eigenvalue weighted by Crippen LogP contribution is -2.48. The highest BCUT2D eigenvalue weighted by atomic mass is 16.5. The highest BCUT2D eigenvalue weighted by Gasteiger charge is 2.24. The van der Waals surface area contributed by atoms with E-state index in [1.54, 1.807) is 7.11 Å². The standard InChI is InChI=1S/C25H43N5O/c1-20(2)30-16-8-9-21(19-30)17-27-25(26-3)28-18-24(29-14-6-5-7-15-29)22-10-12-23(31-4)13-11-22/h10-13,20-21,24H,5-9,14-19H2,1-4H3,(H2,26,27,28). The maximum absolute atomic E-state index is 5.36. The van der Waals surface area contributed by atoms with Crippen molar-refractivity contribution in [1.82, 2.24) is 20.4 Å². The molecule has 2 saturated heterocycles. The van der Waals surface area contributed by atoms with Gasteiger partial charge in [-0.25, -0.2) is 0 Å². The zero-order valence-corrected chi connectivity index (χ0v) is 20.1. The molecule has 0 amide bonds. The van der Waals surface area contributed by atoms with E-state index < -0.39 is 0 Å². The molecule has 3 rings (SSSR count). The molecule has 2 atom stereocenters. The second-order valence-electron chi connectivity index (χ2n) is 9.32. The highest BCUT2D eigenvalue weighted by molar-refractivity contribution is 5.79. The molecule has 1 aromatic rings. The number of likely N-dealkylation sites (tertiary alicyclic amines) is 2. The van der Waals surface area contributed by atoms with Crippen molar-refractivity contribution < 1.29 is 4.74 Å². The van der Waals surface area contributed by atoms with Gasteiger partial charge < -0.3 is 20.3 Å². The fourth-order valence-electron chi connectivity index (χ4n) is 4.90. The van der Waals surface area contributed by atoms with E-state index in [0.29, 0.717) is 18.0 Å². The van der Waals surface area contributed by atoms with E-state index in [0.717, 1.165) is 37.9 Å². The Balaban J connectivity index is 1.56. The molecule has 174 valence electrons. The maximum Gasteiger partial charge on any atom is 0.191 e. The molecule has 1 aromatic carbocycles. The second kappa shape index (κ2) is 12.3. The molecule has 2 aliphatic rings. The minimum absolute atomic E-state index is 0.343. The number of rotatable bonds is 8. The zero-order valence-electron chi connectivity index (χ0n) is 20.1. The van der Waals surface area contributed by atoms with E-state index in [4.69, 9.17) is 4.74 Å². The van der Waals surface area contributed by atoms with Crippen LogP contribution in [0, 0.1) is 5.92 Å². The summed E-state index contributed by atoms with van der Waals surface area (Å²) in [5.74, 6) is 2.51. The molecule has 0 aromatic heterocycles. The Morgan fingerprint density at radius 1 is 1.03 bits per heavy atom. The Labute approximate surface area is 189 Å². The summed E-state index contributed by atoms with van der Waals surface area (Å²) in [7, 11) is 3.60. The van der Waals surface area contributed by atoms with Crippen molar-refractivity contribution in [3.05, 3.63) is 29.8 Å². The van der Waals surface area contributed by atoms with E-state index in [-0.39, 0.29) is 0 Å². The van der Waals surface area contributed by atoms with Crippen molar-refractivity contribution in [2.45, 2.75) is 58.0 Å². The van der Waals surface area contributed by atoms with Gasteiger partial charge >= 0.3 is 0 Å². The monoisotopic (exact) mass is 429 g/mol. The van der Waals surface area contributed by atoms with Crippen LogP contribution >= 0.6 is 0 Å². The van der Waals surface area contributed by atoms with Crippen molar-refractivity contribution in [2.24, 2.45) is 10.9 Å². The van der Waals surface area contributed by atoms with Crippen LogP contribution in [0.5, 0.6) is 5.75 Å². The summed E-state index contributed by atoms with van der Waals surface area (Å²) >= 11 is 0. The van der Waals surface area contributed by atoms with Gasteiger partial charge in [0.15, 0.2) is 5.96 Å². The number of nitrogens with one attached hydrogen (secondary N) is 2. The van der Waals surface area contributed by atoms with Crippen LogP contribution in [-0.4, -0.2) is 75.2 Å². The average molecular weight is 430 g/mol. The van der Waals surface area contributed by atoms with E-state index in [2.05, 4.69) is 63.5 Å². The van der Waals surface area contributed by atoms with E-state index >= 15 is 0 Å². The van der Waals surface area contributed by atoms with Crippen LogP contribution in [0.15, 0.2) is 29.3 Å². The number of piperidine rings is 2. The van der Waals surface area contributed by atoms with Gasteiger partial charge in [0, 0.05) is 32.7 Å². The first-order valence-electron chi connectivity index (χ1n) is 12.2. The highest BCUT2D eigenvalue weighted by Crippen LogP contribution is 2.26. The number of nitrogens with zero attached hydrogens (tertiary/aromatic N) is 3. The molecule has 31 heavy (non-hydrogen) atoms. The second-order valence-corrected chi connectivity index (χ2v) is 9.32. The number of hydrogen-bond acceptors (Lipinski definition) is 4. The van der Waals surface area contributed by atoms with Crippen molar-refractivity contribution in [3.8, 4) is 5.75 Å². The largest absolute Gasteiger partial charge is 0.497 e. The van der Waals surface area contributed by atoms with Crippen LogP contribution < -0.4 is 15.4 Å². The topological polar surface area (TPSA) is 52.1 Å². The van der Waals surface area contributed by atoms with Crippen LogP contribution in [0.4, 0.5) is 0 Å². The Morgan fingerprint density at radius 3 is 2.39 bits per heavy atom. The molecule has 0 spiro atoms. The molecule has 2 N–H and O–H groups in total. The Kier molecular flexibility index (Phi) is 9.47. The first kappa shape index (κ1) is 23.9. The Hall–Kier alpha value is -1.79. The van der Waals surface area contributed by atoms with E-state index in [9.17, 15) is 0 Å². The fourth-order valence-corrected chi connectivity index (χ4v) is 4.90. The molecule has 2 unspecified atom stereocenters. The lowest BCUT2D eigenvalue weighted by molar-refractivity contribution is 0.141. The zero-order chi connectivity index (χ0) is 22.1. The van der Waals surface area contributed by atoms with Crippen LogP contribution in [0.25, 0.3) is 0 Å². The number of methoxy groups -OCH3 is 1. The van der Waals surface area contributed by atoms with Gasteiger partial charge in [-0.15, -0.1) is 0 Å². The predicted octanol–water partition coefficient (Wildman–Crippen LogP) is 3.51. The smallest absolute Gasteiger partial charge is 0.191 e. The van der Waals surface area contributed by atoms with Gasteiger partial charge in [0.05, 0.1) is 13.2 Å². The summed E-state index contributed by atoms with van der Waals surface area (Å²) in [6.07, 6.45) is 6.51. The van der Waals surface area contributed by atoms with Gasteiger partial charge in [-0.05, 0) is 82.8 Å². The Morgan fingerprint density at radius 2 is 1.74 bits per heavy atom. The molecular formula is C25H43N5O. The van der Waals surface area contributed by atoms with Crippen molar-refractivity contribution in [3.63, 3.8) is 0 Å². The summed E-state index contributed by atoms with van der Waals surface area (Å²) in [5.41, 5.74) is 1.34. The number of aliphatic imine (C=N–C) groups is 1. The summed E-state index contributed by atoms with van der Waals surface area (Å²) in [6, 6.07) is 9.54. The third kappa shape index (κ3) is 7.11. The quantitative estimate of drug-likeness (QED) is 0.489. The van der Waals surface area contributed by atoms with Crippen molar-refractivity contribution in [2.75, 3.05) is 53.4 Å². The van der Waals surface area contributed by atoms with Gasteiger partial charge in [-0.1, -0.05) is 18.6 Å².